The number of aliphatic imine (C=N–C) groups is 1. The van der Waals surface area contributed by atoms with Gasteiger partial charge in [0.1, 0.15) is 0 Å². The highest BCUT2D eigenvalue weighted by atomic mass is 127. The van der Waals surface area contributed by atoms with Crippen LogP contribution in [0, 0.1) is 0 Å². The predicted octanol–water partition coefficient (Wildman–Crippen LogP) is -0.217. The Morgan fingerprint density at radius 2 is 1.96 bits per heavy atom. The number of carbonyl (C=O) groups is 3. The first-order valence-electron chi connectivity index (χ1n) is 8.46. The van der Waals surface area contributed by atoms with E-state index in [-0.39, 0.29) is 54.9 Å². The first-order valence-corrected chi connectivity index (χ1v) is 8.46. The number of urea groups is 1. The van der Waals surface area contributed by atoms with Crippen LogP contribution < -0.4 is 10.6 Å². The molecule has 0 saturated carbocycles. The fourth-order valence-corrected chi connectivity index (χ4v) is 2.97. The second kappa shape index (κ2) is 9.58. The summed E-state index contributed by atoms with van der Waals surface area (Å²) in [6, 6.07) is 2.99. The van der Waals surface area contributed by atoms with E-state index in [4.69, 9.17) is 4.42 Å². The molecule has 2 saturated heterocycles. The number of carbonyl (C=O) groups excluding carboxylic acids is 3. The Kier molecular flexibility index (Phi) is 7.45. The summed E-state index contributed by atoms with van der Waals surface area (Å²) < 4.78 is 5.16. The highest BCUT2D eigenvalue weighted by Crippen LogP contribution is 2.09. The molecule has 2 N–H and O–H groups in total. The molecule has 27 heavy (non-hydrogen) atoms. The first-order chi connectivity index (χ1) is 12.6. The van der Waals surface area contributed by atoms with Gasteiger partial charge in [-0.05, 0) is 12.1 Å². The number of rotatable bonds is 4. The van der Waals surface area contributed by atoms with E-state index in [0.717, 1.165) is 0 Å². The second-order valence-corrected chi connectivity index (χ2v) is 5.93. The summed E-state index contributed by atoms with van der Waals surface area (Å²) in [4.78, 5) is 44.6. The van der Waals surface area contributed by atoms with Crippen molar-refractivity contribution in [2.24, 2.45) is 4.99 Å². The number of guanidine groups is 1. The predicted molar refractivity (Wildman–Crippen MR) is 108 cm³/mol. The molecule has 3 heterocycles. The average molecular weight is 490 g/mol. The van der Waals surface area contributed by atoms with Gasteiger partial charge in [0, 0.05) is 46.3 Å². The normalized spacial score (nSPS) is 17.7. The van der Waals surface area contributed by atoms with Gasteiger partial charge in [0.2, 0.25) is 5.91 Å². The maximum absolute atomic E-state index is 12.3. The van der Waals surface area contributed by atoms with Crippen LogP contribution in [0.5, 0.6) is 0 Å². The molecule has 0 atom stereocenters. The minimum Gasteiger partial charge on any atom is -0.459 e. The van der Waals surface area contributed by atoms with Crippen LogP contribution in [0.4, 0.5) is 4.79 Å². The minimum absolute atomic E-state index is 0. The van der Waals surface area contributed by atoms with E-state index in [2.05, 4.69) is 15.6 Å². The molecular weight excluding hydrogens is 467 g/mol. The summed E-state index contributed by atoms with van der Waals surface area (Å²) in [5.41, 5.74) is 0. The number of nitrogens with zero attached hydrogens (tertiary/aromatic N) is 4. The number of furan rings is 1. The van der Waals surface area contributed by atoms with Crippen molar-refractivity contribution in [3.8, 4) is 0 Å². The van der Waals surface area contributed by atoms with Gasteiger partial charge in [-0.1, -0.05) is 0 Å². The summed E-state index contributed by atoms with van der Waals surface area (Å²) in [7, 11) is 1.68. The molecule has 0 aliphatic carbocycles. The molecule has 2 aliphatic heterocycles. The largest absolute Gasteiger partial charge is 0.459 e. The smallest absolute Gasteiger partial charge is 0.324 e. The lowest BCUT2D eigenvalue weighted by Gasteiger charge is -2.36. The molecule has 3 rings (SSSR count). The number of hydrogen-bond donors (Lipinski definition) is 2. The van der Waals surface area contributed by atoms with Crippen molar-refractivity contribution in [1.82, 2.24) is 25.3 Å². The number of nitrogens with one attached hydrogen (secondary N) is 2. The molecule has 0 bridgehead atoms. The van der Waals surface area contributed by atoms with E-state index in [9.17, 15) is 14.4 Å². The van der Waals surface area contributed by atoms with Gasteiger partial charge in [-0.3, -0.25) is 19.5 Å². The Morgan fingerprint density at radius 1 is 1.26 bits per heavy atom. The zero-order valence-electron chi connectivity index (χ0n) is 15.0. The molecule has 2 aliphatic rings. The zero-order chi connectivity index (χ0) is 18.5. The van der Waals surface area contributed by atoms with E-state index in [0.29, 0.717) is 44.4 Å². The van der Waals surface area contributed by atoms with Gasteiger partial charge in [0.15, 0.2) is 11.7 Å². The second-order valence-electron chi connectivity index (χ2n) is 5.93. The third kappa shape index (κ3) is 4.90. The van der Waals surface area contributed by atoms with E-state index < -0.39 is 0 Å². The lowest BCUT2D eigenvalue weighted by Crippen LogP contribution is -2.54. The third-order valence-electron chi connectivity index (χ3n) is 4.37. The number of amides is 4. The topological polar surface area (TPSA) is 110 Å². The maximum atomic E-state index is 12.3. The summed E-state index contributed by atoms with van der Waals surface area (Å²) in [6.07, 6.45) is 1.49. The van der Waals surface area contributed by atoms with Crippen LogP contribution in [0.1, 0.15) is 10.6 Å². The summed E-state index contributed by atoms with van der Waals surface area (Å²) >= 11 is 0. The van der Waals surface area contributed by atoms with Crippen molar-refractivity contribution >= 4 is 47.8 Å². The molecule has 1 aromatic rings. The summed E-state index contributed by atoms with van der Waals surface area (Å²) in [6.45, 7) is 3.14. The van der Waals surface area contributed by atoms with Crippen LogP contribution in [0.2, 0.25) is 0 Å². The van der Waals surface area contributed by atoms with Gasteiger partial charge < -0.3 is 24.9 Å². The van der Waals surface area contributed by atoms with Crippen LogP contribution in [-0.4, -0.2) is 91.4 Å². The summed E-state index contributed by atoms with van der Waals surface area (Å²) in [5, 5.41) is 5.64. The standard InChI is InChI=1S/C16H22N6O4.HI/c1-17-15(18-4-5-22-13(23)11-19-16(22)25)21-8-6-20(7-9-21)14(24)12-3-2-10-26-12;/h2-3,10H,4-9,11H2,1H3,(H,17,18)(H,19,25);1H. The summed E-state index contributed by atoms with van der Waals surface area (Å²) in [5.74, 6) is 0.685. The Balaban J connectivity index is 0.00000261. The van der Waals surface area contributed by atoms with Crippen LogP contribution >= 0.6 is 24.0 Å². The SMILES string of the molecule is CN=C(NCCN1C(=O)CNC1=O)N1CCN(C(=O)c2ccco2)CC1.I. The Hall–Kier alpha value is -2.31. The van der Waals surface area contributed by atoms with E-state index in [1.54, 1.807) is 24.1 Å². The lowest BCUT2D eigenvalue weighted by atomic mass is 10.3. The fraction of sp³-hybridized carbons (Fsp3) is 0.500. The molecular formula is C16H23IN6O4. The molecule has 0 radical (unpaired) electrons. The third-order valence-corrected chi connectivity index (χ3v) is 4.37. The van der Waals surface area contributed by atoms with Crippen molar-refractivity contribution in [1.29, 1.82) is 0 Å². The van der Waals surface area contributed by atoms with Gasteiger partial charge in [-0.25, -0.2) is 4.79 Å². The van der Waals surface area contributed by atoms with E-state index >= 15 is 0 Å². The molecule has 10 nitrogen and oxygen atoms in total. The molecule has 4 amide bonds. The van der Waals surface area contributed by atoms with Crippen molar-refractivity contribution in [3.63, 3.8) is 0 Å². The zero-order valence-corrected chi connectivity index (χ0v) is 17.3. The van der Waals surface area contributed by atoms with Gasteiger partial charge in [0.25, 0.3) is 5.91 Å². The highest BCUT2D eigenvalue weighted by Gasteiger charge is 2.28. The van der Waals surface area contributed by atoms with Crippen molar-refractivity contribution in [2.45, 2.75) is 0 Å². The lowest BCUT2D eigenvalue weighted by molar-refractivity contribution is -0.124. The average Bonchev–Trinajstić information content (AvgIpc) is 3.30. The van der Waals surface area contributed by atoms with Crippen LogP contribution in [0.15, 0.2) is 27.8 Å². The van der Waals surface area contributed by atoms with Crippen molar-refractivity contribution < 1.29 is 18.8 Å². The molecule has 2 fully saturated rings. The van der Waals surface area contributed by atoms with Crippen molar-refractivity contribution in [2.75, 3.05) is 52.9 Å². The van der Waals surface area contributed by atoms with Gasteiger partial charge >= 0.3 is 6.03 Å². The van der Waals surface area contributed by atoms with E-state index in [1.165, 1.54) is 11.2 Å². The number of halogens is 1. The molecule has 1 aromatic heterocycles. The maximum Gasteiger partial charge on any atom is 0.324 e. The quantitative estimate of drug-likeness (QED) is 0.262. The minimum atomic E-state index is -0.364. The van der Waals surface area contributed by atoms with Gasteiger partial charge in [-0.2, -0.15) is 0 Å². The number of imide groups is 1. The fourth-order valence-electron chi connectivity index (χ4n) is 2.97. The Labute approximate surface area is 173 Å². The molecule has 11 heteroatoms. The number of piperazine rings is 1. The Morgan fingerprint density at radius 3 is 2.52 bits per heavy atom. The van der Waals surface area contributed by atoms with E-state index in [1.807, 2.05) is 4.90 Å². The highest BCUT2D eigenvalue weighted by molar-refractivity contribution is 14.0. The van der Waals surface area contributed by atoms with Crippen LogP contribution in [0.3, 0.4) is 0 Å². The molecule has 148 valence electrons. The number of hydrogen-bond acceptors (Lipinski definition) is 5. The Bertz CT molecular complexity index is 684. The van der Waals surface area contributed by atoms with Crippen molar-refractivity contribution in [3.05, 3.63) is 24.2 Å². The molecule has 0 aromatic carbocycles. The van der Waals surface area contributed by atoms with Crippen LogP contribution in [-0.2, 0) is 4.79 Å². The molecule has 0 unspecified atom stereocenters. The van der Waals surface area contributed by atoms with Gasteiger partial charge in [-0.15, -0.1) is 24.0 Å². The van der Waals surface area contributed by atoms with Gasteiger partial charge in [0.05, 0.1) is 12.8 Å². The first kappa shape index (κ1) is 21.0. The molecule has 0 spiro atoms. The monoisotopic (exact) mass is 490 g/mol. The van der Waals surface area contributed by atoms with Crippen LogP contribution in [0.25, 0.3) is 0 Å².